The lowest BCUT2D eigenvalue weighted by Gasteiger charge is -2.17. The number of hydrogen-bond donors (Lipinski definition) is 3. The van der Waals surface area contributed by atoms with E-state index in [1.165, 1.54) is 116 Å². The van der Waals surface area contributed by atoms with Crippen molar-refractivity contribution in [3.8, 4) is 0 Å². The van der Waals surface area contributed by atoms with Gasteiger partial charge in [-0.15, -0.1) is 0 Å². The van der Waals surface area contributed by atoms with Crippen molar-refractivity contribution in [3.05, 3.63) is 0 Å². The topological polar surface area (TPSA) is 69.9 Å². The van der Waals surface area contributed by atoms with Crippen LogP contribution in [-0.4, -0.2) is 21.3 Å². The Morgan fingerprint density at radius 3 is 1.05 bits per heavy atom. The Morgan fingerprint density at radius 2 is 0.730 bits per heavy atom. The molecule has 0 aliphatic rings. The Balaban J connectivity index is 3.62. The molecule has 0 fully saturated rings. The zero-order valence-corrected chi connectivity index (χ0v) is 26.8. The van der Waals surface area contributed by atoms with Crippen molar-refractivity contribution in [1.29, 1.82) is 0 Å². The van der Waals surface area contributed by atoms with Gasteiger partial charge in [-0.2, -0.15) is 19.2 Å². The molecule has 224 valence electrons. The summed E-state index contributed by atoms with van der Waals surface area (Å²) in [5.74, 6) is 4.11. The zero-order valence-electron chi connectivity index (χ0n) is 25.9. The van der Waals surface area contributed by atoms with E-state index < -0.39 is 8.17 Å². The van der Waals surface area contributed by atoms with E-state index in [1.807, 2.05) is 0 Å². The second-order valence-electron chi connectivity index (χ2n) is 12.9. The maximum absolute atomic E-state index is 8.83. The monoisotopic (exact) mass is 547 g/mol. The molecule has 5 atom stereocenters. The van der Waals surface area contributed by atoms with Crippen LogP contribution >= 0.6 is 8.17 Å². The molecule has 0 aliphatic carbocycles. The minimum Gasteiger partial charge on any atom is -0.168 e. The third-order valence-corrected chi connectivity index (χ3v) is 9.01. The maximum Gasteiger partial charge on any atom is 0.567 e. The smallest absolute Gasteiger partial charge is 0.168 e. The first kappa shape index (κ1) is 37.3. The molecule has 0 aromatic rings. The quantitative estimate of drug-likeness (QED) is 0.0706. The fourth-order valence-corrected chi connectivity index (χ4v) is 6.07. The molecular formula is C32H68O4P+. The van der Waals surface area contributed by atoms with Gasteiger partial charge in [0.25, 0.3) is 0 Å². The van der Waals surface area contributed by atoms with Gasteiger partial charge in [0, 0.05) is 0 Å². The summed E-state index contributed by atoms with van der Waals surface area (Å²) in [5.41, 5.74) is 0. The van der Waals surface area contributed by atoms with Crippen LogP contribution in [0.25, 0.3) is 0 Å². The molecule has 0 aromatic carbocycles. The summed E-state index contributed by atoms with van der Waals surface area (Å²) in [5, 5.41) is 0. The average Bonchev–Trinajstić information content (AvgIpc) is 2.81. The van der Waals surface area contributed by atoms with Gasteiger partial charge in [-0.05, 0) is 42.4 Å². The fraction of sp³-hybridized carbons (Fsp3) is 1.00. The van der Waals surface area contributed by atoms with Crippen molar-refractivity contribution in [3.63, 3.8) is 0 Å². The second-order valence-corrected chi connectivity index (χ2v) is 14.2. The minimum absolute atomic E-state index is 0.216. The predicted octanol–water partition coefficient (Wildman–Crippen LogP) is 10.7. The summed E-state index contributed by atoms with van der Waals surface area (Å²) >= 11 is 0. The van der Waals surface area contributed by atoms with Gasteiger partial charge in [-0.3, -0.25) is 0 Å². The molecule has 0 saturated heterocycles. The molecule has 0 rings (SSSR count). The molecule has 0 unspecified atom stereocenters. The van der Waals surface area contributed by atoms with Crippen molar-refractivity contribution in [1.82, 2.24) is 0 Å². The Morgan fingerprint density at radius 1 is 0.432 bits per heavy atom. The highest BCUT2D eigenvalue weighted by molar-refractivity contribution is 7.53. The van der Waals surface area contributed by atoms with Crippen LogP contribution in [0.4, 0.5) is 0 Å². The van der Waals surface area contributed by atoms with Gasteiger partial charge in [0.05, 0.1) is 0 Å². The molecule has 37 heavy (non-hydrogen) atoms. The maximum atomic E-state index is 8.83. The van der Waals surface area contributed by atoms with E-state index in [0.29, 0.717) is 5.92 Å². The first-order chi connectivity index (χ1) is 17.5. The third-order valence-electron chi connectivity index (χ3n) is 8.48. The first-order valence-electron chi connectivity index (χ1n) is 16.2. The Bertz CT molecular complexity index is 482. The lowest BCUT2D eigenvalue weighted by molar-refractivity contribution is 0.155. The third kappa shape index (κ3) is 27.6. The average molecular weight is 548 g/mol. The molecule has 0 bridgehead atoms. The summed E-state index contributed by atoms with van der Waals surface area (Å²) in [4.78, 5) is 26.5. The van der Waals surface area contributed by atoms with Crippen molar-refractivity contribution >= 4 is 8.17 Å². The van der Waals surface area contributed by atoms with Crippen LogP contribution in [0.3, 0.4) is 0 Å². The predicted molar refractivity (Wildman–Crippen MR) is 163 cm³/mol. The molecule has 0 amide bonds. The summed E-state index contributed by atoms with van der Waals surface area (Å²) in [7, 11) is -4.05. The highest BCUT2D eigenvalue weighted by Gasteiger charge is 2.32. The summed E-state index contributed by atoms with van der Waals surface area (Å²) < 4.78 is 4.64. The van der Waals surface area contributed by atoms with E-state index in [9.17, 15) is 0 Å². The molecule has 0 saturated carbocycles. The molecular weight excluding hydrogens is 479 g/mol. The number of rotatable bonds is 27. The van der Waals surface area contributed by atoms with Gasteiger partial charge in [-0.1, -0.05) is 157 Å². The lowest BCUT2D eigenvalue weighted by atomic mass is 9.89. The van der Waals surface area contributed by atoms with Gasteiger partial charge in [-0.25, -0.2) is 0 Å². The largest absolute Gasteiger partial charge is 0.567 e. The molecule has 0 radical (unpaired) electrons. The molecule has 5 heteroatoms. The highest BCUT2D eigenvalue weighted by atomic mass is 31.2. The van der Waals surface area contributed by atoms with Crippen molar-refractivity contribution < 1.29 is 19.2 Å². The fourth-order valence-electron chi connectivity index (χ4n) is 5.70. The van der Waals surface area contributed by atoms with Crippen LogP contribution in [0, 0.1) is 29.6 Å². The van der Waals surface area contributed by atoms with E-state index in [1.54, 1.807) is 0 Å². The van der Waals surface area contributed by atoms with Crippen LogP contribution in [0.1, 0.15) is 170 Å². The van der Waals surface area contributed by atoms with E-state index in [0.717, 1.165) is 36.5 Å². The van der Waals surface area contributed by atoms with Gasteiger partial charge in [0.2, 0.25) is 0 Å². The van der Waals surface area contributed by atoms with Gasteiger partial charge in [0.1, 0.15) is 6.61 Å². The normalized spacial score (nSPS) is 16.5. The molecule has 0 heterocycles. The summed E-state index contributed by atoms with van der Waals surface area (Å²) in [6.45, 7) is 14.6. The molecule has 0 spiro atoms. The van der Waals surface area contributed by atoms with Crippen molar-refractivity contribution in [2.24, 2.45) is 29.6 Å². The summed E-state index contributed by atoms with van der Waals surface area (Å²) in [6, 6.07) is 0. The second kappa shape index (κ2) is 24.1. The van der Waals surface area contributed by atoms with Crippen LogP contribution in [0.15, 0.2) is 0 Å². The summed E-state index contributed by atoms with van der Waals surface area (Å²) in [6.07, 6.45) is 26.7. The lowest BCUT2D eigenvalue weighted by Crippen LogP contribution is -2.03. The minimum atomic E-state index is -4.05. The Hall–Kier alpha value is 0.270. The van der Waals surface area contributed by atoms with Crippen LogP contribution in [0.5, 0.6) is 0 Å². The van der Waals surface area contributed by atoms with Crippen LogP contribution < -0.4 is 0 Å². The van der Waals surface area contributed by atoms with Crippen molar-refractivity contribution in [2.45, 2.75) is 170 Å². The SMILES string of the molecule is CCCCCCC[C@@H](C)CCC[C@H](C)CCC[C@H](C)CCC[C@H](C)CCC[C@@H](C)CCCO[P+](O)(O)O. The van der Waals surface area contributed by atoms with E-state index in [2.05, 4.69) is 46.1 Å². The molecule has 3 N–H and O–H groups in total. The highest BCUT2D eigenvalue weighted by Crippen LogP contribution is 2.45. The van der Waals surface area contributed by atoms with Gasteiger partial charge in [0.15, 0.2) is 0 Å². The van der Waals surface area contributed by atoms with Crippen LogP contribution in [-0.2, 0) is 4.52 Å². The Kier molecular flexibility index (Phi) is 24.3. The molecule has 0 aliphatic heterocycles. The van der Waals surface area contributed by atoms with Crippen molar-refractivity contribution in [2.75, 3.05) is 6.61 Å². The standard InChI is InChI=1S/C32H68O4P/c1-7-8-9-10-11-17-28(2)18-12-19-29(3)20-13-21-30(4)22-14-23-31(5)24-15-25-32(6)26-16-27-36-37(33,34)35/h28-35H,7-27H2,1-6H3/q+1/t28-,29+,30+,31+,32-/m1/s1. The molecule has 0 aromatic heterocycles. The first-order valence-corrected chi connectivity index (χ1v) is 17.8. The number of hydrogen-bond acceptors (Lipinski definition) is 4. The van der Waals surface area contributed by atoms with Gasteiger partial charge < -0.3 is 0 Å². The van der Waals surface area contributed by atoms with Gasteiger partial charge >= 0.3 is 8.17 Å². The van der Waals surface area contributed by atoms with E-state index >= 15 is 0 Å². The van der Waals surface area contributed by atoms with E-state index in [-0.39, 0.29) is 6.61 Å². The van der Waals surface area contributed by atoms with E-state index in [4.69, 9.17) is 14.7 Å². The van der Waals surface area contributed by atoms with Crippen LogP contribution in [0.2, 0.25) is 0 Å². The number of unbranched alkanes of at least 4 members (excludes halogenated alkanes) is 4. The molecule has 4 nitrogen and oxygen atoms in total. The zero-order chi connectivity index (χ0) is 27.9. The Labute approximate surface area is 233 Å².